The van der Waals surface area contributed by atoms with E-state index >= 15 is 0 Å². The molecule has 0 saturated carbocycles. The minimum atomic E-state index is -5.22. The van der Waals surface area contributed by atoms with E-state index in [-0.39, 0.29) is 15.3 Å². The van der Waals surface area contributed by atoms with Crippen LogP contribution in [-0.2, 0) is 10.4 Å². The third-order valence-electron chi connectivity index (χ3n) is 4.06. The monoisotopic (exact) mass is 443 g/mol. The molecule has 1 aromatic heterocycles. The highest BCUT2D eigenvalue weighted by Gasteiger charge is 2.56. The molecule has 4 N–H and O–H groups in total. The summed E-state index contributed by atoms with van der Waals surface area (Å²) in [5, 5.41) is 23.7. The van der Waals surface area contributed by atoms with Gasteiger partial charge in [-0.25, -0.2) is 14.2 Å². The van der Waals surface area contributed by atoms with Gasteiger partial charge in [-0.1, -0.05) is 17.4 Å². The van der Waals surface area contributed by atoms with Crippen LogP contribution in [0.2, 0.25) is 0 Å². The molecule has 158 valence electrons. The van der Waals surface area contributed by atoms with Crippen LogP contribution < -0.4 is 10.6 Å². The van der Waals surface area contributed by atoms with E-state index in [1.54, 1.807) is 0 Å². The maximum Gasteiger partial charge on any atom is 0.422 e. The molecule has 1 atom stereocenters. The number of alkyl halides is 3. The predicted octanol–water partition coefficient (Wildman–Crippen LogP) is 4.30. The summed E-state index contributed by atoms with van der Waals surface area (Å²) in [6.45, 7) is 0. The highest BCUT2D eigenvalue weighted by atomic mass is 32.1. The number of hydrogen-bond acceptors (Lipinski definition) is 5. The van der Waals surface area contributed by atoms with E-state index in [1.807, 2.05) is 0 Å². The van der Waals surface area contributed by atoms with Crippen LogP contribution in [0.15, 0.2) is 42.5 Å². The fourth-order valence-corrected chi connectivity index (χ4v) is 3.51. The van der Waals surface area contributed by atoms with Gasteiger partial charge in [0.25, 0.3) is 0 Å². The third-order valence-corrected chi connectivity index (χ3v) is 5.00. The number of rotatable bonds is 5. The fraction of sp³-hybridized carbons (Fsp3) is 0.167. The number of aliphatic hydroxyl groups is 1. The molecule has 0 fully saturated rings. The minimum absolute atomic E-state index is 0.0514. The molecule has 2 aromatic carbocycles. The van der Waals surface area contributed by atoms with Gasteiger partial charge in [0.1, 0.15) is 5.82 Å². The van der Waals surface area contributed by atoms with Gasteiger partial charge in [-0.2, -0.15) is 13.2 Å². The van der Waals surface area contributed by atoms with Gasteiger partial charge in [-0.15, -0.1) is 0 Å². The van der Waals surface area contributed by atoms with Crippen molar-refractivity contribution < 1.29 is 37.4 Å². The van der Waals surface area contributed by atoms with Crippen molar-refractivity contribution in [2.75, 3.05) is 10.6 Å². The van der Waals surface area contributed by atoms with Crippen molar-refractivity contribution in [2.45, 2.75) is 18.2 Å². The van der Waals surface area contributed by atoms with Gasteiger partial charge >= 0.3 is 18.2 Å². The van der Waals surface area contributed by atoms with Gasteiger partial charge in [0, 0.05) is 5.69 Å². The summed E-state index contributed by atoms with van der Waals surface area (Å²) >= 11 is 0.829. The number of carboxylic acid groups (broad SMARTS) is 1. The van der Waals surface area contributed by atoms with Crippen LogP contribution in [-0.4, -0.2) is 33.4 Å². The highest BCUT2D eigenvalue weighted by molar-refractivity contribution is 7.22. The molecule has 0 bridgehead atoms. The van der Waals surface area contributed by atoms with Gasteiger partial charge in [0.2, 0.25) is 0 Å². The van der Waals surface area contributed by atoms with E-state index in [0.29, 0.717) is 5.69 Å². The molecule has 0 spiro atoms. The number of thiazole rings is 1. The number of aliphatic carboxylic acids is 1. The first-order valence-electron chi connectivity index (χ1n) is 8.23. The second-order valence-corrected chi connectivity index (χ2v) is 7.25. The molecule has 2 amide bonds. The summed E-state index contributed by atoms with van der Waals surface area (Å²) < 4.78 is 53.1. The van der Waals surface area contributed by atoms with Crippen molar-refractivity contribution in [1.29, 1.82) is 0 Å². The van der Waals surface area contributed by atoms with Gasteiger partial charge in [0.15, 0.2) is 10.7 Å². The first-order valence-corrected chi connectivity index (χ1v) is 9.05. The zero-order valence-corrected chi connectivity index (χ0v) is 15.6. The quantitative estimate of drug-likeness (QED) is 0.440. The summed E-state index contributed by atoms with van der Waals surface area (Å²) in [6, 6.07) is 7.34. The van der Waals surface area contributed by atoms with E-state index in [9.17, 15) is 32.3 Å². The standard InChI is InChI=1S/C18H13F4N3O4S/c19-10-2-4-11(5-3-10)23-15(28)25-16-24-12-6-1-9(7-13(12)30-16)17(29,8-14(26)27)18(20,21)22/h1-7,29H,8H2,(H,26,27)(H2,23,24,25,28). The van der Waals surface area contributed by atoms with Crippen molar-refractivity contribution in [2.24, 2.45) is 0 Å². The maximum atomic E-state index is 13.3. The number of amides is 2. The van der Waals surface area contributed by atoms with Crippen molar-refractivity contribution >= 4 is 44.4 Å². The molecule has 1 unspecified atom stereocenters. The Morgan fingerprint density at radius 3 is 2.33 bits per heavy atom. The summed E-state index contributed by atoms with van der Waals surface area (Å²) in [6.07, 6.45) is -6.79. The molecule has 12 heteroatoms. The number of urea groups is 1. The summed E-state index contributed by atoms with van der Waals surface area (Å²) in [5.74, 6) is -2.30. The highest BCUT2D eigenvalue weighted by Crippen LogP contribution is 2.43. The molecule has 7 nitrogen and oxygen atoms in total. The van der Waals surface area contributed by atoms with E-state index < -0.39 is 41.6 Å². The van der Waals surface area contributed by atoms with E-state index in [1.165, 1.54) is 18.2 Å². The Labute approximate surface area is 170 Å². The summed E-state index contributed by atoms with van der Waals surface area (Å²) in [5.41, 5.74) is -3.69. The topological polar surface area (TPSA) is 112 Å². The molecule has 3 rings (SSSR count). The Morgan fingerprint density at radius 1 is 1.07 bits per heavy atom. The Hall–Kier alpha value is -3.25. The fourth-order valence-electron chi connectivity index (χ4n) is 2.61. The van der Waals surface area contributed by atoms with E-state index in [0.717, 1.165) is 35.6 Å². The average molecular weight is 443 g/mol. The summed E-state index contributed by atoms with van der Waals surface area (Å²) in [7, 11) is 0. The second kappa shape index (κ2) is 7.88. The number of carbonyl (C=O) groups is 2. The number of fused-ring (bicyclic) bond motifs is 1. The van der Waals surface area contributed by atoms with E-state index in [4.69, 9.17) is 5.11 Å². The zero-order valence-electron chi connectivity index (χ0n) is 14.8. The number of carboxylic acids is 1. The Bertz CT molecular complexity index is 1100. The Balaban J connectivity index is 1.84. The lowest BCUT2D eigenvalue weighted by Crippen LogP contribution is -2.44. The maximum absolute atomic E-state index is 13.3. The van der Waals surface area contributed by atoms with Crippen LogP contribution >= 0.6 is 11.3 Å². The second-order valence-electron chi connectivity index (χ2n) is 6.22. The van der Waals surface area contributed by atoms with Crippen molar-refractivity contribution in [3.63, 3.8) is 0 Å². The number of benzene rings is 2. The number of nitrogens with one attached hydrogen (secondary N) is 2. The molecular weight excluding hydrogens is 430 g/mol. The first-order chi connectivity index (χ1) is 14.0. The molecule has 0 aliphatic rings. The average Bonchev–Trinajstić information content (AvgIpc) is 3.03. The largest absolute Gasteiger partial charge is 0.481 e. The third kappa shape index (κ3) is 4.49. The number of carbonyl (C=O) groups excluding carboxylic acids is 1. The molecule has 0 radical (unpaired) electrons. The van der Waals surface area contributed by atoms with Crippen LogP contribution in [0.25, 0.3) is 10.2 Å². The predicted molar refractivity (Wildman–Crippen MR) is 101 cm³/mol. The lowest BCUT2D eigenvalue weighted by atomic mass is 9.89. The van der Waals surface area contributed by atoms with Crippen LogP contribution in [0.4, 0.5) is 33.2 Å². The lowest BCUT2D eigenvalue weighted by molar-refractivity contribution is -0.269. The number of nitrogens with zero attached hydrogens (tertiary/aromatic N) is 1. The van der Waals surface area contributed by atoms with E-state index in [2.05, 4.69) is 15.6 Å². The molecule has 1 heterocycles. The summed E-state index contributed by atoms with van der Waals surface area (Å²) in [4.78, 5) is 26.9. The first kappa shape index (κ1) is 21.5. The number of anilines is 2. The Morgan fingerprint density at radius 2 is 1.73 bits per heavy atom. The molecule has 0 saturated heterocycles. The minimum Gasteiger partial charge on any atom is -0.481 e. The SMILES string of the molecule is O=C(O)CC(O)(c1ccc2nc(NC(=O)Nc3ccc(F)cc3)sc2c1)C(F)(F)F. The Kier molecular flexibility index (Phi) is 5.63. The van der Waals surface area contributed by atoms with Crippen LogP contribution in [0, 0.1) is 5.82 Å². The molecule has 3 aromatic rings. The van der Waals surface area contributed by atoms with Crippen LogP contribution in [0.5, 0.6) is 0 Å². The number of aromatic nitrogens is 1. The normalized spacial score (nSPS) is 13.6. The van der Waals surface area contributed by atoms with Crippen molar-refractivity contribution in [3.8, 4) is 0 Å². The molecular formula is C18H13F4N3O4S. The molecule has 0 aliphatic heterocycles. The molecule has 30 heavy (non-hydrogen) atoms. The smallest absolute Gasteiger partial charge is 0.422 e. The van der Waals surface area contributed by atoms with Crippen LogP contribution in [0.3, 0.4) is 0 Å². The van der Waals surface area contributed by atoms with Gasteiger partial charge in [0.05, 0.1) is 16.6 Å². The van der Waals surface area contributed by atoms with Gasteiger partial charge in [-0.3, -0.25) is 10.1 Å². The van der Waals surface area contributed by atoms with Gasteiger partial charge < -0.3 is 15.5 Å². The van der Waals surface area contributed by atoms with Crippen molar-refractivity contribution in [3.05, 3.63) is 53.8 Å². The van der Waals surface area contributed by atoms with Crippen LogP contribution in [0.1, 0.15) is 12.0 Å². The number of halogens is 4. The zero-order chi connectivity index (χ0) is 22.1. The molecule has 0 aliphatic carbocycles. The number of hydrogen-bond donors (Lipinski definition) is 4. The van der Waals surface area contributed by atoms with Crippen molar-refractivity contribution in [1.82, 2.24) is 4.98 Å². The van der Waals surface area contributed by atoms with Gasteiger partial charge in [-0.05, 0) is 42.0 Å². The lowest BCUT2D eigenvalue weighted by Gasteiger charge is -2.29.